The number of hydrogen-bond donors (Lipinski definition) is 5. The highest BCUT2D eigenvalue weighted by Crippen LogP contribution is 2.40. The highest BCUT2D eigenvalue weighted by Gasteiger charge is 2.53. The number of anilines is 2. The lowest BCUT2D eigenvalue weighted by molar-refractivity contribution is -0.687. The zero-order valence-electron chi connectivity index (χ0n) is 21.8. The van der Waals surface area contributed by atoms with E-state index in [4.69, 9.17) is 27.3 Å². The van der Waals surface area contributed by atoms with Crippen molar-refractivity contribution in [2.45, 2.75) is 31.0 Å². The molecule has 2 amide bonds. The molecular formula is C23H22ClN9O7S2. The van der Waals surface area contributed by atoms with Crippen LogP contribution in [0, 0.1) is 0 Å². The topological polar surface area (TPSA) is 232 Å². The van der Waals surface area contributed by atoms with Gasteiger partial charge < -0.3 is 41.2 Å². The molecule has 6 N–H and O–H groups in total. The third-order valence-electron chi connectivity index (χ3n) is 6.31. The summed E-state index contributed by atoms with van der Waals surface area (Å²) in [6.45, 7) is 1.36. The van der Waals surface area contributed by atoms with Gasteiger partial charge in [0.1, 0.15) is 32.5 Å². The van der Waals surface area contributed by atoms with Gasteiger partial charge >= 0.3 is 5.97 Å². The molecule has 5 heterocycles. The molecule has 42 heavy (non-hydrogen) atoms. The van der Waals surface area contributed by atoms with Gasteiger partial charge in [-0.2, -0.15) is 4.57 Å². The number of imidazole rings is 1. The van der Waals surface area contributed by atoms with E-state index in [1.54, 1.807) is 30.1 Å². The van der Waals surface area contributed by atoms with E-state index >= 15 is 0 Å². The Kier molecular flexibility index (Phi) is 7.93. The molecule has 0 saturated carbocycles. The first-order valence-electron chi connectivity index (χ1n) is 12.1. The second-order valence-electron chi connectivity index (χ2n) is 9.05. The lowest BCUT2D eigenvalue weighted by Crippen LogP contribution is -2.71. The van der Waals surface area contributed by atoms with Crippen molar-refractivity contribution in [1.29, 1.82) is 0 Å². The molecule has 16 nitrogen and oxygen atoms in total. The molecule has 0 aliphatic carbocycles. The number of oxime groups is 1. The van der Waals surface area contributed by atoms with Crippen LogP contribution in [-0.2, 0) is 30.6 Å². The van der Waals surface area contributed by atoms with E-state index in [1.165, 1.54) is 18.7 Å². The SMILES string of the molecule is CNc1nc2cc[n+](CC3=C(C(=O)[O-])N4C(=O)[C@@H](NC(=O)/C(=N\O[C@@H](C)C(=O)O)c5nc(N)sc5Cl)C4SC3)cc2[nH]1. The summed E-state index contributed by atoms with van der Waals surface area (Å²) in [5, 5.41) is 29.6. The van der Waals surface area contributed by atoms with Crippen molar-refractivity contribution >= 4 is 86.3 Å². The van der Waals surface area contributed by atoms with Gasteiger partial charge in [0, 0.05) is 24.4 Å². The molecule has 3 aromatic heterocycles. The number of H-pyrrole nitrogens is 1. The van der Waals surface area contributed by atoms with Crippen LogP contribution in [0.1, 0.15) is 12.6 Å². The number of aromatic nitrogens is 4. The van der Waals surface area contributed by atoms with Gasteiger partial charge in [0.2, 0.25) is 12.1 Å². The molecule has 19 heteroatoms. The fourth-order valence-corrected chi connectivity index (χ4v) is 6.54. The van der Waals surface area contributed by atoms with Crippen molar-refractivity contribution < 1.29 is 38.8 Å². The Morgan fingerprint density at radius 2 is 2.19 bits per heavy atom. The number of pyridine rings is 1. The van der Waals surface area contributed by atoms with Gasteiger partial charge in [-0.1, -0.05) is 28.1 Å². The van der Waals surface area contributed by atoms with E-state index < -0.39 is 47.0 Å². The van der Waals surface area contributed by atoms with Crippen molar-refractivity contribution in [3.63, 3.8) is 0 Å². The average molecular weight is 636 g/mol. The molecule has 3 atom stereocenters. The number of nitrogens with two attached hydrogens (primary N) is 1. The number of rotatable bonds is 10. The van der Waals surface area contributed by atoms with E-state index in [-0.39, 0.29) is 33.2 Å². The summed E-state index contributed by atoms with van der Waals surface area (Å²) in [5.74, 6) is -3.70. The van der Waals surface area contributed by atoms with E-state index in [2.05, 4.69) is 30.7 Å². The van der Waals surface area contributed by atoms with Gasteiger partial charge in [0.05, 0.1) is 11.7 Å². The number of fused-ring (bicyclic) bond motifs is 2. The monoisotopic (exact) mass is 635 g/mol. The Morgan fingerprint density at radius 1 is 1.43 bits per heavy atom. The molecule has 0 aromatic carbocycles. The molecule has 5 rings (SSSR count). The number of nitrogens with one attached hydrogen (secondary N) is 3. The van der Waals surface area contributed by atoms with Gasteiger partial charge in [-0.15, -0.1) is 11.8 Å². The fraction of sp³-hybridized carbons (Fsp3) is 0.304. The van der Waals surface area contributed by atoms with Crippen LogP contribution in [0.15, 0.2) is 34.9 Å². The number of aromatic amines is 1. The maximum absolute atomic E-state index is 13.2. The predicted molar refractivity (Wildman–Crippen MR) is 149 cm³/mol. The van der Waals surface area contributed by atoms with Crippen molar-refractivity contribution in [2.75, 3.05) is 23.9 Å². The number of thiazole rings is 1. The summed E-state index contributed by atoms with van der Waals surface area (Å²) in [6.07, 6.45) is 2.10. The molecule has 3 aromatic rings. The number of carboxylic acids is 2. The number of halogens is 1. The highest BCUT2D eigenvalue weighted by atomic mass is 35.5. The van der Waals surface area contributed by atoms with Crippen LogP contribution in [-0.4, -0.2) is 84.7 Å². The van der Waals surface area contributed by atoms with Crippen LogP contribution in [0.2, 0.25) is 4.34 Å². The van der Waals surface area contributed by atoms with Crippen LogP contribution in [0.5, 0.6) is 0 Å². The highest BCUT2D eigenvalue weighted by molar-refractivity contribution is 8.00. The van der Waals surface area contributed by atoms with Gasteiger partial charge in [-0.05, 0) is 6.92 Å². The van der Waals surface area contributed by atoms with Gasteiger partial charge in [0.15, 0.2) is 29.8 Å². The summed E-state index contributed by atoms with van der Waals surface area (Å²) >= 11 is 8.24. The summed E-state index contributed by atoms with van der Waals surface area (Å²) in [7, 11) is 1.73. The summed E-state index contributed by atoms with van der Waals surface area (Å²) in [4.78, 5) is 67.1. The van der Waals surface area contributed by atoms with Crippen LogP contribution in [0.3, 0.4) is 0 Å². The van der Waals surface area contributed by atoms with Crippen LogP contribution in [0.25, 0.3) is 11.0 Å². The second-order valence-corrected chi connectivity index (χ2v) is 11.8. The first-order valence-corrected chi connectivity index (χ1v) is 14.4. The molecule has 0 radical (unpaired) electrons. The summed E-state index contributed by atoms with van der Waals surface area (Å²) < 4.78 is 1.74. The molecule has 1 saturated heterocycles. The Balaban J connectivity index is 1.36. The lowest BCUT2D eigenvalue weighted by atomic mass is 10.0. The Hall–Kier alpha value is -4.42. The molecule has 0 bridgehead atoms. The lowest BCUT2D eigenvalue weighted by Gasteiger charge is -2.50. The van der Waals surface area contributed by atoms with Crippen molar-refractivity contribution in [3.8, 4) is 0 Å². The maximum Gasteiger partial charge on any atom is 0.347 e. The second kappa shape index (κ2) is 11.5. The molecule has 220 valence electrons. The van der Waals surface area contributed by atoms with Crippen LogP contribution >= 0.6 is 34.7 Å². The molecule has 1 unspecified atom stereocenters. The molecule has 0 spiro atoms. The smallest absolute Gasteiger partial charge is 0.347 e. The predicted octanol–water partition coefficient (Wildman–Crippen LogP) is -1.12. The molecule has 2 aliphatic heterocycles. The number of amides is 2. The Morgan fingerprint density at radius 3 is 2.83 bits per heavy atom. The molecule has 2 aliphatic rings. The quantitative estimate of drug-likeness (QED) is 0.0772. The van der Waals surface area contributed by atoms with E-state index in [0.29, 0.717) is 17.0 Å². The average Bonchev–Trinajstić information content (AvgIpc) is 3.52. The normalized spacial score (nSPS) is 19.3. The van der Waals surface area contributed by atoms with Crippen LogP contribution < -0.4 is 26.0 Å². The molecule has 1 fully saturated rings. The maximum atomic E-state index is 13.2. The van der Waals surface area contributed by atoms with Gasteiger partial charge in [-0.3, -0.25) is 14.5 Å². The van der Waals surface area contributed by atoms with E-state index in [1.807, 2.05) is 0 Å². The number of hydrogen-bond acceptors (Lipinski definition) is 13. The van der Waals surface area contributed by atoms with Gasteiger partial charge in [-0.25, -0.2) is 14.8 Å². The van der Waals surface area contributed by atoms with Gasteiger partial charge in [0.25, 0.3) is 11.8 Å². The number of thioether (sulfide) groups is 1. The number of carbonyl (C=O) groups excluding carboxylic acids is 3. The van der Waals surface area contributed by atoms with Crippen molar-refractivity contribution in [2.24, 2.45) is 5.16 Å². The minimum atomic E-state index is -1.53. The number of nitrogen functional groups attached to an aromatic ring is 1. The fourth-order valence-electron chi connectivity index (χ4n) is 4.27. The Labute approximate surface area is 249 Å². The summed E-state index contributed by atoms with van der Waals surface area (Å²) in [5.41, 5.74) is 6.61. The van der Waals surface area contributed by atoms with Crippen LogP contribution in [0.4, 0.5) is 11.1 Å². The Bertz CT molecular complexity index is 1690. The largest absolute Gasteiger partial charge is 0.543 e. The number of β-lactam (4-membered cyclic amide) rings is 1. The number of carboxylic acid groups (broad SMARTS) is 2. The third-order valence-corrected chi connectivity index (χ3v) is 8.73. The number of carbonyl (C=O) groups is 4. The standard InChI is InChI=1S/C23H22ClN9O7S2/c1-8(20(36)37)40-31-13(12-16(24)42-22(25)30-12)17(34)29-14-18(35)33-15(21(38)39)9(7-41-19(14)33)5-32-4-3-10-11(6-32)28-23(26-2)27-10/h3-4,6,8,14,19H,5,7H2,1-2H3,(H6,25,26,28,29,30,34,36,37,38,39)/b31-13-/t8-,14+,19?/m0/s1. The zero-order valence-corrected chi connectivity index (χ0v) is 24.2. The van der Waals surface area contributed by atoms with Crippen molar-refractivity contribution in [1.82, 2.24) is 25.2 Å². The number of nitrogens with zero attached hydrogens (tertiary/aromatic N) is 5. The number of aliphatic carboxylic acids is 2. The minimum absolute atomic E-state index is 0.0126. The van der Waals surface area contributed by atoms with Crippen molar-refractivity contribution in [3.05, 3.63) is 39.8 Å². The first-order chi connectivity index (χ1) is 20.0. The van der Waals surface area contributed by atoms with E-state index in [9.17, 15) is 24.3 Å². The minimum Gasteiger partial charge on any atom is -0.543 e. The third kappa shape index (κ3) is 5.42. The zero-order chi connectivity index (χ0) is 30.3. The summed E-state index contributed by atoms with van der Waals surface area (Å²) in [6, 6.07) is 0.636. The van der Waals surface area contributed by atoms with E-state index in [0.717, 1.165) is 21.8 Å². The molecular weight excluding hydrogens is 614 g/mol. The first kappa shape index (κ1) is 29.1.